The number of nitrogens with zero attached hydrogens (tertiary/aromatic N) is 2. The lowest BCUT2D eigenvalue weighted by atomic mass is 9.92. The summed E-state index contributed by atoms with van der Waals surface area (Å²) in [7, 11) is 1.75. The van der Waals surface area contributed by atoms with Crippen molar-refractivity contribution < 1.29 is 14.7 Å². The number of rotatable bonds is 3. The molecule has 0 aromatic carbocycles. The van der Waals surface area contributed by atoms with E-state index in [1.165, 1.54) is 0 Å². The molecule has 1 aliphatic rings. The van der Waals surface area contributed by atoms with Crippen molar-refractivity contribution in [1.82, 2.24) is 9.80 Å². The SMILES string of the molecule is CC(C)N1CC(C)(C)CN(C)C(=O)C1CC(=O)O. The first-order chi connectivity index (χ1) is 8.14. The molecule has 0 spiro atoms. The molecule has 1 saturated heterocycles. The highest BCUT2D eigenvalue weighted by atomic mass is 16.4. The van der Waals surface area contributed by atoms with Crippen LogP contribution in [0.25, 0.3) is 0 Å². The molecule has 5 heteroatoms. The highest BCUT2D eigenvalue weighted by molar-refractivity contribution is 5.86. The zero-order valence-electron chi connectivity index (χ0n) is 11.9. The Morgan fingerprint density at radius 2 is 2.00 bits per heavy atom. The summed E-state index contributed by atoms with van der Waals surface area (Å²) in [6.45, 7) is 9.61. The molecule has 1 aliphatic heterocycles. The summed E-state index contributed by atoms with van der Waals surface area (Å²) in [5.74, 6) is -1.01. The minimum atomic E-state index is -0.924. The summed E-state index contributed by atoms with van der Waals surface area (Å²) in [5, 5.41) is 8.99. The van der Waals surface area contributed by atoms with Crippen LogP contribution in [0.4, 0.5) is 0 Å². The fourth-order valence-electron chi connectivity index (χ4n) is 2.68. The standard InChI is InChI=1S/C13H24N2O3/c1-9(2)15-8-13(3,4)7-14(5)12(18)10(15)6-11(16)17/h9-10H,6-8H2,1-5H3,(H,16,17). The van der Waals surface area contributed by atoms with Gasteiger partial charge in [0.15, 0.2) is 0 Å². The highest BCUT2D eigenvalue weighted by Crippen LogP contribution is 2.27. The van der Waals surface area contributed by atoms with Crippen LogP contribution in [-0.2, 0) is 9.59 Å². The van der Waals surface area contributed by atoms with Crippen LogP contribution in [-0.4, -0.2) is 59.0 Å². The smallest absolute Gasteiger partial charge is 0.305 e. The Morgan fingerprint density at radius 3 is 2.44 bits per heavy atom. The molecule has 1 heterocycles. The largest absolute Gasteiger partial charge is 0.481 e. The average molecular weight is 256 g/mol. The van der Waals surface area contributed by atoms with Crippen molar-refractivity contribution in [1.29, 1.82) is 0 Å². The van der Waals surface area contributed by atoms with Gasteiger partial charge < -0.3 is 10.0 Å². The van der Waals surface area contributed by atoms with Crippen LogP contribution in [0.3, 0.4) is 0 Å². The quantitative estimate of drug-likeness (QED) is 0.819. The number of carboxylic acid groups (broad SMARTS) is 1. The van der Waals surface area contributed by atoms with Crippen molar-refractivity contribution in [2.45, 2.75) is 46.2 Å². The lowest BCUT2D eigenvalue weighted by molar-refractivity contribution is -0.144. The van der Waals surface area contributed by atoms with Gasteiger partial charge in [-0.3, -0.25) is 14.5 Å². The van der Waals surface area contributed by atoms with Crippen molar-refractivity contribution in [3.8, 4) is 0 Å². The van der Waals surface area contributed by atoms with E-state index in [0.717, 1.165) is 6.54 Å². The molecule has 18 heavy (non-hydrogen) atoms. The number of hydrogen-bond donors (Lipinski definition) is 1. The fraction of sp³-hybridized carbons (Fsp3) is 0.846. The van der Waals surface area contributed by atoms with Gasteiger partial charge in [-0.05, 0) is 19.3 Å². The third kappa shape index (κ3) is 3.45. The highest BCUT2D eigenvalue weighted by Gasteiger charge is 2.40. The third-order valence-corrected chi connectivity index (χ3v) is 3.37. The number of carbonyl (C=O) groups excluding carboxylic acids is 1. The number of likely N-dealkylation sites (N-methyl/N-ethyl adjacent to an activating group) is 1. The molecule has 5 nitrogen and oxygen atoms in total. The van der Waals surface area contributed by atoms with Crippen molar-refractivity contribution in [2.24, 2.45) is 5.41 Å². The second-order valence-corrected chi connectivity index (χ2v) is 6.24. The third-order valence-electron chi connectivity index (χ3n) is 3.37. The number of hydrogen-bond acceptors (Lipinski definition) is 3. The lowest BCUT2D eigenvalue weighted by Crippen LogP contribution is -2.49. The van der Waals surface area contributed by atoms with E-state index in [1.807, 2.05) is 18.7 Å². The Bertz CT molecular complexity index is 339. The topological polar surface area (TPSA) is 60.9 Å². The second kappa shape index (κ2) is 5.26. The first-order valence-electron chi connectivity index (χ1n) is 6.36. The molecule has 0 aromatic heterocycles. The van der Waals surface area contributed by atoms with E-state index < -0.39 is 12.0 Å². The summed E-state index contributed by atoms with van der Waals surface area (Å²) in [5.41, 5.74) is -0.0259. The van der Waals surface area contributed by atoms with Gasteiger partial charge in [-0.1, -0.05) is 13.8 Å². The van der Waals surface area contributed by atoms with Gasteiger partial charge in [0, 0.05) is 26.2 Å². The monoisotopic (exact) mass is 256 g/mol. The van der Waals surface area contributed by atoms with Crippen LogP contribution in [0.15, 0.2) is 0 Å². The molecule has 1 atom stereocenters. The Hall–Kier alpha value is -1.10. The predicted molar refractivity (Wildman–Crippen MR) is 69.3 cm³/mol. The maximum Gasteiger partial charge on any atom is 0.305 e. The molecule has 1 amide bonds. The fourth-order valence-corrected chi connectivity index (χ4v) is 2.68. The van der Waals surface area contributed by atoms with Crippen LogP contribution >= 0.6 is 0 Å². The average Bonchev–Trinajstić information content (AvgIpc) is 2.27. The van der Waals surface area contributed by atoms with E-state index in [4.69, 9.17) is 5.11 Å². The lowest BCUT2D eigenvalue weighted by Gasteiger charge is -2.35. The Balaban J connectivity index is 3.07. The molecular weight excluding hydrogens is 232 g/mol. The van der Waals surface area contributed by atoms with Gasteiger partial charge in [-0.2, -0.15) is 0 Å². The van der Waals surface area contributed by atoms with Crippen molar-refractivity contribution >= 4 is 11.9 Å². The molecule has 0 aliphatic carbocycles. The Kier molecular flexibility index (Phi) is 4.37. The van der Waals surface area contributed by atoms with Gasteiger partial charge >= 0.3 is 5.97 Å². The van der Waals surface area contributed by atoms with Gasteiger partial charge in [-0.15, -0.1) is 0 Å². The molecule has 0 aromatic rings. The van der Waals surface area contributed by atoms with E-state index in [-0.39, 0.29) is 23.8 Å². The van der Waals surface area contributed by atoms with Crippen LogP contribution in [0.1, 0.15) is 34.1 Å². The van der Waals surface area contributed by atoms with Crippen LogP contribution in [0, 0.1) is 5.41 Å². The number of carboxylic acids is 1. The van der Waals surface area contributed by atoms with Crippen LogP contribution in [0.2, 0.25) is 0 Å². The van der Waals surface area contributed by atoms with Crippen molar-refractivity contribution in [3.63, 3.8) is 0 Å². The van der Waals surface area contributed by atoms with E-state index in [0.29, 0.717) is 6.54 Å². The molecule has 0 radical (unpaired) electrons. The van der Waals surface area contributed by atoms with Gasteiger partial charge in [0.05, 0.1) is 6.42 Å². The van der Waals surface area contributed by atoms with E-state index in [2.05, 4.69) is 13.8 Å². The van der Waals surface area contributed by atoms with Crippen molar-refractivity contribution in [3.05, 3.63) is 0 Å². The molecule has 1 N–H and O–H groups in total. The Morgan fingerprint density at radius 1 is 1.44 bits per heavy atom. The number of carbonyl (C=O) groups is 2. The minimum Gasteiger partial charge on any atom is -0.481 e. The van der Waals surface area contributed by atoms with Gasteiger partial charge in [0.1, 0.15) is 6.04 Å². The zero-order valence-corrected chi connectivity index (χ0v) is 11.9. The van der Waals surface area contributed by atoms with Crippen LogP contribution < -0.4 is 0 Å². The van der Waals surface area contributed by atoms with Gasteiger partial charge in [0.2, 0.25) is 5.91 Å². The first kappa shape index (κ1) is 15.0. The number of amides is 1. The molecule has 0 bridgehead atoms. The molecule has 1 rings (SSSR count). The normalized spacial score (nSPS) is 25.3. The molecule has 0 saturated carbocycles. The minimum absolute atomic E-state index is 0.0259. The summed E-state index contributed by atoms with van der Waals surface area (Å²) >= 11 is 0. The van der Waals surface area contributed by atoms with E-state index in [9.17, 15) is 9.59 Å². The van der Waals surface area contributed by atoms with E-state index >= 15 is 0 Å². The second-order valence-electron chi connectivity index (χ2n) is 6.24. The molecule has 104 valence electrons. The maximum absolute atomic E-state index is 12.3. The zero-order chi connectivity index (χ0) is 14.1. The molecule has 1 fully saturated rings. The Labute approximate surface area is 109 Å². The molecule has 1 unspecified atom stereocenters. The van der Waals surface area contributed by atoms with Crippen molar-refractivity contribution in [2.75, 3.05) is 20.1 Å². The molecular formula is C13H24N2O3. The number of aliphatic carboxylic acids is 1. The summed E-state index contributed by atoms with van der Waals surface area (Å²) in [4.78, 5) is 26.9. The maximum atomic E-state index is 12.3. The summed E-state index contributed by atoms with van der Waals surface area (Å²) in [6.07, 6.45) is -0.128. The van der Waals surface area contributed by atoms with Crippen LogP contribution in [0.5, 0.6) is 0 Å². The summed E-state index contributed by atoms with van der Waals surface area (Å²) < 4.78 is 0. The summed E-state index contributed by atoms with van der Waals surface area (Å²) in [6, 6.07) is -0.390. The van der Waals surface area contributed by atoms with E-state index in [1.54, 1.807) is 11.9 Å². The van der Waals surface area contributed by atoms with Gasteiger partial charge in [0.25, 0.3) is 0 Å². The predicted octanol–water partition coefficient (Wildman–Crippen LogP) is 1.04. The van der Waals surface area contributed by atoms with Gasteiger partial charge in [-0.25, -0.2) is 0 Å². The first-order valence-corrected chi connectivity index (χ1v) is 6.36.